The molecule has 0 aliphatic heterocycles. The number of aliphatic carboxylic acids is 1. The van der Waals surface area contributed by atoms with E-state index in [9.17, 15) is 9.90 Å². The number of methoxy groups -OCH3 is 1. The number of anilines is 1. The molecule has 2 aromatic rings. The fourth-order valence-electron chi connectivity index (χ4n) is 1.86. The van der Waals surface area contributed by atoms with Crippen LogP contribution < -0.4 is 10.1 Å². The third kappa shape index (κ3) is 3.47. The average Bonchev–Trinajstić information content (AvgIpc) is 2.49. The quantitative estimate of drug-likeness (QED) is 0.844. The smallest absolute Gasteiger partial charge is 0.312 e. The van der Waals surface area contributed by atoms with E-state index in [4.69, 9.17) is 4.74 Å². The number of carboxylic acids is 1. The molecule has 2 rings (SSSR count). The van der Waals surface area contributed by atoms with Gasteiger partial charge in [0.1, 0.15) is 0 Å². The van der Waals surface area contributed by atoms with Gasteiger partial charge in [-0.3, -0.25) is 4.79 Å². The van der Waals surface area contributed by atoms with Gasteiger partial charge in [0.25, 0.3) is 0 Å². The molecule has 0 radical (unpaired) electrons. The van der Waals surface area contributed by atoms with E-state index in [2.05, 4.69) is 10.3 Å². The lowest BCUT2D eigenvalue weighted by Gasteiger charge is -2.14. The molecule has 1 unspecified atom stereocenters. The zero-order valence-electron chi connectivity index (χ0n) is 11.1. The van der Waals surface area contributed by atoms with Crippen molar-refractivity contribution in [3.63, 3.8) is 0 Å². The Morgan fingerprint density at radius 3 is 2.60 bits per heavy atom. The topological polar surface area (TPSA) is 71.5 Å². The van der Waals surface area contributed by atoms with Crippen LogP contribution in [0.1, 0.15) is 11.5 Å². The van der Waals surface area contributed by atoms with Crippen molar-refractivity contribution in [3.05, 3.63) is 54.2 Å². The molecule has 0 aliphatic carbocycles. The maximum Gasteiger partial charge on any atom is 0.312 e. The lowest BCUT2D eigenvalue weighted by molar-refractivity contribution is -0.138. The minimum Gasteiger partial charge on any atom is -0.481 e. The Balaban J connectivity index is 2.04. The van der Waals surface area contributed by atoms with Crippen molar-refractivity contribution in [1.82, 2.24) is 4.98 Å². The zero-order valence-corrected chi connectivity index (χ0v) is 11.1. The van der Waals surface area contributed by atoms with Crippen molar-refractivity contribution in [2.45, 2.75) is 5.92 Å². The monoisotopic (exact) mass is 272 g/mol. The number of ether oxygens (including phenoxy) is 1. The van der Waals surface area contributed by atoms with Gasteiger partial charge in [-0.1, -0.05) is 30.3 Å². The highest BCUT2D eigenvalue weighted by molar-refractivity contribution is 5.77. The Morgan fingerprint density at radius 1 is 1.30 bits per heavy atom. The summed E-state index contributed by atoms with van der Waals surface area (Å²) >= 11 is 0. The predicted octanol–water partition coefficient (Wildman–Crippen LogP) is 2.37. The third-order valence-electron chi connectivity index (χ3n) is 2.96. The van der Waals surface area contributed by atoms with Gasteiger partial charge in [0.05, 0.1) is 24.9 Å². The lowest BCUT2D eigenvalue weighted by Crippen LogP contribution is -2.20. The summed E-state index contributed by atoms with van der Waals surface area (Å²) in [5.41, 5.74) is 1.53. The van der Waals surface area contributed by atoms with E-state index >= 15 is 0 Å². The largest absolute Gasteiger partial charge is 0.481 e. The number of aromatic nitrogens is 1. The number of rotatable bonds is 6. The number of pyridine rings is 1. The number of carboxylic acid groups (broad SMARTS) is 1. The van der Waals surface area contributed by atoms with Crippen molar-refractivity contribution < 1.29 is 14.6 Å². The molecule has 20 heavy (non-hydrogen) atoms. The zero-order chi connectivity index (χ0) is 14.4. The maximum atomic E-state index is 11.3. The molecule has 0 bridgehead atoms. The molecule has 1 heterocycles. The van der Waals surface area contributed by atoms with Gasteiger partial charge in [0.2, 0.25) is 5.88 Å². The first-order valence-electron chi connectivity index (χ1n) is 6.22. The van der Waals surface area contributed by atoms with Crippen LogP contribution in [-0.2, 0) is 4.79 Å². The highest BCUT2D eigenvalue weighted by Gasteiger charge is 2.19. The van der Waals surface area contributed by atoms with Crippen LogP contribution >= 0.6 is 0 Å². The molecule has 5 heteroatoms. The van der Waals surface area contributed by atoms with Crippen LogP contribution in [0.25, 0.3) is 0 Å². The van der Waals surface area contributed by atoms with Crippen molar-refractivity contribution >= 4 is 11.7 Å². The van der Waals surface area contributed by atoms with Crippen molar-refractivity contribution in [2.24, 2.45) is 0 Å². The van der Waals surface area contributed by atoms with Crippen LogP contribution in [0.5, 0.6) is 5.88 Å². The van der Waals surface area contributed by atoms with Gasteiger partial charge in [-0.15, -0.1) is 0 Å². The van der Waals surface area contributed by atoms with Crippen LogP contribution in [0.15, 0.2) is 48.7 Å². The fourth-order valence-corrected chi connectivity index (χ4v) is 1.86. The second kappa shape index (κ2) is 6.56. The first-order valence-corrected chi connectivity index (χ1v) is 6.22. The van der Waals surface area contributed by atoms with E-state index in [0.29, 0.717) is 12.4 Å². The number of hydrogen-bond donors (Lipinski definition) is 2. The van der Waals surface area contributed by atoms with E-state index in [1.165, 1.54) is 0 Å². The molecular formula is C15H16N2O3. The van der Waals surface area contributed by atoms with E-state index in [1.807, 2.05) is 30.3 Å². The highest BCUT2D eigenvalue weighted by Crippen LogP contribution is 2.18. The Labute approximate surface area is 117 Å². The van der Waals surface area contributed by atoms with Gasteiger partial charge >= 0.3 is 5.97 Å². The first-order chi connectivity index (χ1) is 9.70. The molecule has 0 fully saturated rings. The highest BCUT2D eigenvalue weighted by atomic mass is 16.5. The number of carbonyl (C=O) groups is 1. The van der Waals surface area contributed by atoms with Gasteiger partial charge in [-0.25, -0.2) is 4.98 Å². The second-order valence-electron chi connectivity index (χ2n) is 4.27. The predicted molar refractivity (Wildman–Crippen MR) is 76.1 cm³/mol. The van der Waals surface area contributed by atoms with Crippen molar-refractivity contribution in [2.75, 3.05) is 19.0 Å². The minimum atomic E-state index is -0.856. The standard InChI is InChI=1S/C15H16N2O3/c1-20-14-8-7-12(9-17-14)16-10-13(15(18)19)11-5-3-2-4-6-11/h2-9,13,16H,10H2,1H3,(H,18,19). The van der Waals surface area contributed by atoms with E-state index < -0.39 is 11.9 Å². The van der Waals surface area contributed by atoms with Crippen LogP contribution in [-0.4, -0.2) is 29.7 Å². The molecule has 2 N–H and O–H groups in total. The summed E-state index contributed by atoms with van der Waals surface area (Å²) in [4.78, 5) is 15.4. The summed E-state index contributed by atoms with van der Waals surface area (Å²) in [5.74, 6) is -0.933. The number of benzene rings is 1. The van der Waals surface area contributed by atoms with Crippen LogP contribution in [0.2, 0.25) is 0 Å². The van der Waals surface area contributed by atoms with E-state index in [-0.39, 0.29) is 0 Å². The Bertz CT molecular complexity index is 555. The Morgan fingerprint density at radius 2 is 2.05 bits per heavy atom. The Hall–Kier alpha value is -2.56. The SMILES string of the molecule is COc1ccc(NCC(C(=O)O)c2ccccc2)cn1. The van der Waals surface area contributed by atoms with Crippen molar-refractivity contribution in [1.29, 1.82) is 0 Å². The number of nitrogens with zero attached hydrogens (tertiary/aromatic N) is 1. The molecule has 104 valence electrons. The molecule has 0 aliphatic rings. The fraction of sp³-hybridized carbons (Fsp3) is 0.200. The molecular weight excluding hydrogens is 256 g/mol. The first kappa shape index (κ1) is 13.9. The van der Waals surface area contributed by atoms with E-state index in [0.717, 1.165) is 11.3 Å². The lowest BCUT2D eigenvalue weighted by atomic mass is 9.99. The second-order valence-corrected chi connectivity index (χ2v) is 4.27. The molecule has 0 saturated carbocycles. The summed E-state index contributed by atoms with van der Waals surface area (Å²) in [6.07, 6.45) is 1.61. The van der Waals surface area contributed by atoms with Gasteiger partial charge in [-0.05, 0) is 11.6 Å². The molecule has 1 atom stereocenters. The number of nitrogens with one attached hydrogen (secondary N) is 1. The van der Waals surface area contributed by atoms with Crippen LogP contribution in [0.4, 0.5) is 5.69 Å². The average molecular weight is 272 g/mol. The summed E-state index contributed by atoms with van der Waals surface area (Å²) < 4.78 is 4.97. The summed E-state index contributed by atoms with van der Waals surface area (Å²) in [6.45, 7) is 0.299. The number of hydrogen-bond acceptors (Lipinski definition) is 4. The van der Waals surface area contributed by atoms with Gasteiger partial charge in [0.15, 0.2) is 0 Å². The molecule has 1 aromatic carbocycles. The summed E-state index contributed by atoms with van der Waals surface area (Å²) in [6, 6.07) is 12.7. The summed E-state index contributed by atoms with van der Waals surface area (Å²) in [5, 5.41) is 12.4. The van der Waals surface area contributed by atoms with E-state index in [1.54, 1.807) is 25.4 Å². The van der Waals surface area contributed by atoms with Crippen LogP contribution in [0.3, 0.4) is 0 Å². The van der Waals surface area contributed by atoms with Crippen LogP contribution in [0, 0.1) is 0 Å². The third-order valence-corrected chi connectivity index (χ3v) is 2.96. The minimum absolute atomic E-state index is 0.299. The van der Waals surface area contributed by atoms with Gasteiger partial charge in [0, 0.05) is 12.6 Å². The van der Waals surface area contributed by atoms with Gasteiger partial charge < -0.3 is 15.2 Å². The molecule has 0 saturated heterocycles. The maximum absolute atomic E-state index is 11.3. The molecule has 0 amide bonds. The molecule has 1 aromatic heterocycles. The Kier molecular flexibility index (Phi) is 4.55. The van der Waals surface area contributed by atoms with Crippen molar-refractivity contribution in [3.8, 4) is 5.88 Å². The normalized spacial score (nSPS) is 11.7. The van der Waals surface area contributed by atoms with Gasteiger partial charge in [-0.2, -0.15) is 0 Å². The molecule has 5 nitrogen and oxygen atoms in total. The molecule has 0 spiro atoms. The summed E-state index contributed by atoms with van der Waals surface area (Å²) in [7, 11) is 1.55.